The van der Waals surface area contributed by atoms with Crippen molar-refractivity contribution in [2.24, 2.45) is 0 Å². The van der Waals surface area contributed by atoms with Crippen LogP contribution in [0.3, 0.4) is 0 Å². The van der Waals surface area contributed by atoms with Crippen molar-refractivity contribution in [3.8, 4) is 6.07 Å². The molecule has 3 heteroatoms. The standard InChI is InChI=1S/C17H12N2O/c18-10-11-5-6-15-13(7-11)9-14-8-12-3-1-2-4-16(12)19(14)17(15)20/h1-7,14H,8-9H2. The van der Waals surface area contributed by atoms with Crippen LogP contribution in [-0.2, 0) is 12.8 Å². The molecule has 3 nitrogen and oxygen atoms in total. The van der Waals surface area contributed by atoms with E-state index in [-0.39, 0.29) is 11.9 Å². The lowest BCUT2D eigenvalue weighted by atomic mass is 9.92. The third kappa shape index (κ3) is 1.42. The van der Waals surface area contributed by atoms with Gasteiger partial charge >= 0.3 is 0 Å². The smallest absolute Gasteiger partial charge is 0.258 e. The zero-order valence-electron chi connectivity index (χ0n) is 10.8. The Hall–Kier alpha value is -2.60. The molecule has 0 saturated heterocycles. The molecule has 2 aromatic carbocycles. The second-order valence-corrected chi connectivity index (χ2v) is 5.35. The molecule has 0 bridgehead atoms. The van der Waals surface area contributed by atoms with Crippen LogP contribution in [0.5, 0.6) is 0 Å². The average molecular weight is 260 g/mol. The van der Waals surface area contributed by atoms with Crippen molar-refractivity contribution < 1.29 is 4.79 Å². The summed E-state index contributed by atoms with van der Waals surface area (Å²) in [4.78, 5) is 14.6. The number of nitrogens with zero attached hydrogens (tertiary/aromatic N) is 2. The molecule has 0 aliphatic carbocycles. The first-order valence-corrected chi connectivity index (χ1v) is 6.72. The number of hydrogen-bond donors (Lipinski definition) is 0. The van der Waals surface area contributed by atoms with Gasteiger partial charge in [-0.3, -0.25) is 4.79 Å². The van der Waals surface area contributed by atoms with Crippen LogP contribution in [0, 0.1) is 11.3 Å². The number of carbonyl (C=O) groups is 1. The molecule has 0 spiro atoms. The Kier molecular flexibility index (Phi) is 2.22. The summed E-state index contributed by atoms with van der Waals surface area (Å²) < 4.78 is 0. The van der Waals surface area contributed by atoms with Gasteiger partial charge in [0.05, 0.1) is 11.6 Å². The van der Waals surface area contributed by atoms with E-state index in [0.717, 1.165) is 29.7 Å². The van der Waals surface area contributed by atoms with E-state index in [4.69, 9.17) is 5.26 Å². The van der Waals surface area contributed by atoms with Gasteiger partial charge in [0, 0.05) is 17.3 Å². The summed E-state index contributed by atoms with van der Waals surface area (Å²) in [5, 5.41) is 8.99. The molecular weight excluding hydrogens is 248 g/mol. The molecule has 96 valence electrons. The van der Waals surface area contributed by atoms with Crippen LogP contribution in [0.4, 0.5) is 5.69 Å². The summed E-state index contributed by atoms with van der Waals surface area (Å²) >= 11 is 0. The third-order valence-corrected chi connectivity index (χ3v) is 4.21. The molecule has 2 aliphatic rings. The Balaban J connectivity index is 1.84. The van der Waals surface area contributed by atoms with Crippen LogP contribution in [0.15, 0.2) is 42.5 Å². The SMILES string of the molecule is N#Cc1ccc2c(c1)CC1Cc3ccccc3N1C2=O. The largest absolute Gasteiger partial charge is 0.304 e. The second kappa shape index (κ2) is 3.94. The van der Waals surface area contributed by atoms with Gasteiger partial charge in [0.1, 0.15) is 0 Å². The molecule has 1 atom stereocenters. The van der Waals surface area contributed by atoms with Gasteiger partial charge in [-0.2, -0.15) is 5.26 Å². The molecule has 0 N–H and O–H groups in total. The van der Waals surface area contributed by atoms with Gasteiger partial charge in [0.2, 0.25) is 0 Å². The van der Waals surface area contributed by atoms with Crippen molar-refractivity contribution >= 4 is 11.6 Å². The Bertz CT molecular complexity index is 773. The van der Waals surface area contributed by atoms with Gasteiger partial charge in [-0.1, -0.05) is 18.2 Å². The van der Waals surface area contributed by atoms with Crippen molar-refractivity contribution in [2.45, 2.75) is 18.9 Å². The Morgan fingerprint density at radius 3 is 2.75 bits per heavy atom. The van der Waals surface area contributed by atoms with Crippen molar-refractivity contribution in [1.82, 2.24) is 0 Å². The summed E-state index contributed by atoms with van der Waals surface area (Å²) in [5.74, 6) is 0.0608. The van der Waals surface area contributed by atoms with Gasteiger partial charge < -0.3 is 4.90 Å². The maximum atomic E-state index is 12.7. The molecule has 20 heavy (non-hydrogen) atoms. The molecule has 0 aromatic heterocycles. The highest BCUT2D eigenvalue weighted by Gasteiger charge is 2.38. The Morgan fingerprint density at radius 1 is 1.10 bits per heavy atom. The molecule has 2 aliphatic heterocycles. The van der Waals surface area contributed by atoms with Crippen LogP contribution in [0.2, 0.25) is 0 Å². The van der Waals surface area contributed by atoms with E-state index in [1.807, 2.05) is 29.2 Å². The fourth-order valence-electron chi connectivity index (χ4n) is 3.32. The minimum atomic E-state index is 0.0608. The fraction of sp³-hybridized carbons (Fsp3) is 0.176. The molecule has 1 amide bonds. The van der Waals surface area contributed by atoms with E-state index in [1.54, 1.807) is 12.1 Å². The Labute approximate surface area is 117 Å². The van der Waals surface area contributed by atoms with Gasteiger partial charge in [-0.05, 0) is 48.2 Å². The number of para-hydroxylation sites is 1. The third-order valence-electron chi connectivity index (χ3n) is 4.21. The number of benzene rings is 2. The number of fused-ring (bicyclic) bond motifs is 4. The fourth-order valence-corrected chi connectivity index (χ4v) is 3.32. The van der Waals surface area contributed by atoms with E-state index in [1.165, 1.54) is 5.56 Å². The number of rotatable bonds is 0. The van der Waals surface area contributed by atoms with Crippen molar-refractivity contribution in [1.29, 1.82) is 5.26 Å². The number of anilines is 1. The van der Waals surface area contributed by atoms with E-state index in [9.17, 15) is 4.79 Å². The van der Waals surface area contributed by atoms with Crippen molar-refractivity contribution in [3.05, 3.63) is 64.7 Å². The highest BCUT2D eigenvalue weighted by molar-refractivity contribution is 6.10. The summed E-state index contributed by atoms with van der Waals surface area (Å²) in [6.07, 6.45) is 1.73. The molecule has 2 aromatic rings. The summed E-state index contributed by atoms with van der Waals surface area (Å²) in [6.45, 7) is 0. The summed E-state index contributed by atoms with van der Waals surface area (Å²) in [5.41, 5.74) is 4.64. The minimum absolute atomic E-state index is 0.0608. The summed E-state index contributed by atoms with van der Waals surface area (Å²) in [6, 6.07) is 15.8. The van der Waals surface area contributed by atoms with E-state index in [2.05, 4.69) is 12.1 Å². The van der Waals surface area contributed by atoms with Crippen molar-refractivity contribution in [2.75, 3.05) is 4.90 Å². The molecule has 0 saturated carbocycles. The predicted octanol–water partition coefficient (Wildman–Crippen LogP) is 2.69. The van der Waals surface area contributed by atoms with Crippen LogP contribution in [0.1, 0.15) is 27.0 Å². The molecule has 0 radical (unpaired) electrons. The molecule has 4 rings (SSSR count). The normalized spacial score (nSPS) is 19.1. The number of nitriles is 1. The van der Waals surface area contributed by atoms with E-state index >= 15 is 0 Å². The molecule has 2 heterocycles. The van der Waals surface area contributed by atoms with E-state index in [0.29, 0.717) is 5.56 Å². The zero-order valence-corrected chi connectivity index (χ0v) is 10.8. The number of amides is 1. The first-order chi connectivity index (χ1) is 9.78. The summed E-state index contributed by atoms with van der Waals surface area (Å²) in [7, 11) is 0. The lowest BCUT2D eigenvalue weighted by Crippen LogP contribution is -2.43. The maximum absolute atomic E-state index is 12.7. The monoisotopic (exact) mass is 260 g/mol. The lowest BCUT2D eigenvalue weighted by molar-refractivity contribution is 0.0971. The Morgan fingerprint density at radius 2 is 1.90 bits per heavy atom. The topological polar surface area (TPSA) is 44.1 Å². The van der Waals surface area contributed by atoms with Gasteiger partial charge in [0.15, 0.2) is 0 Å². The molecule has 1 unspecified atom stereocenters. The number of hydrogen-bond acceptors (Lipinski definition) is 2. The van der Waals surface area contributed by atoms with Crippen LogP contribution >= 0.6 is 0 Å². The zero-order chi connectivity index (χ0) is 13.7. The van der Waals surface area contributed by atoms with Crippen LogP contribution in [-0.4, -0.2) is 11.9 Å². The van der Waals surface area contributed by atoms with Gasteiger partial charge in [0.25, 0.3) is 5.91 Å². The average Bonchev–Trinajstić information content (AvgIpc) is 2.85. The first kappa shape index (κ1) is 11.2. The minimum Gasteiger partial charge on any atom is -0.304 e. The van der Waals surface area contributed by atoms with E-state index < -0.39 is 0 Å². The second-order valence-electron chi connectivity index (χ2n) is 5.35. The first-order valence-electron chi connectivity index (χ1n) is 6.72. The van der Waals surface area contributed by atoms with Gasteiger partial charge in [-0.15, -0.1) is 0 Å². The maximum Gasteiger partial charge on any atom is 0.258 e. The van der Waals surface area contributed by atoms with Crippen LogP contribution < -0.4 is 4.90 Å². The molecule has 0 fully saturated rings. The number of carbonyl (C=O) groups excluding carboxylic acids is 1. The van der Waals surface area contributed by atoms with Crippen molar-refractivity contribution in [3.63, 3.8) is 0 Å². The lowest BCUT2D eigenvalue weighted by Gasteiger charge is -2.31. The predicted molar refractivity (Wildman–Crippen MR) is 75.6 cm³/mol. The highest BCUT2D eigenvalue weighted by Crippen LogP contribution is 2.38. The molecular formula is C17H12N2O. The van der Waals surface area contributed by atoms with Crippen LogP contribution in [0.25, 0.3) is 0 Å². The van der Waals surface area contributed by atoms with Gasteiger partial charge in [-0.25, -0.2) is 0 Å². The quantitative estimate of drug-likeness (QED) is 0.731. The highest BCUT2D eigenvalue weighted by atomic mass is 16.2.